The summed E-state index contributed by atoms with van der Waals surface area (Å²) < 4.78 is 17.3. The molecule has 2 amide bonds. The first-order chi connectivity index (χ1) is 19.3. The van der Waals surface area contributed by atoms with Crippen LogP contribution in [0.1, 0.15) is 25.0 Å². The van der Waals surface area contributed by atoms with E-state index in [0.717, 1.165) is 36.1 Å². The monoisotopic (exact) mass is 600 g/mol. The fraction of sp³-hybridized carbons (Fsp3) is 0.267. The highest BCUT2D eigenvalue weighted by Gasteiger charge is 2.35. The number of ether oxygens (including phenoxy) is 3. The molecule has 1 aliphatic heterocycles. The molecular formula is C30H30Cl2N2O5S. The molecule has 0 radical (unpaired) electrons. The molecule has 210 valence electrons. The summed E-state index contributed by atoms with van der Waals surface area (Å²) >= 11 is 13.3. The molecule has 1 heterocycles. The maximum atomic E-state index is 13.2. The normalized spacial score (nSPS) is 14.1. The standard InChI is InChI=1S/C30H30Cl2N2O5S/c1-4-33(5-2)23-13-11-20(27(18-23)39-19-21-10-12-22(31)17-24(21)32)16-28-29(35)34(30(36)40-28)14-15-38-26-9-7-6-8-25(26)37-3/h6-13,16-18H,4-5,14-15,19H2,1-3H3/b28-16-. The Bertz CT molecular complexity index is 1410. The van der Waals surface area contributed by atoms with Crippen LogP contribution in [0.25, 0.3) is 6.08 Å². The third-order valence-corrected chi connectivity index (χ3v) is 7.82. The summed E-state index contributed by atoms with van der Waals surface area (Å²) in [6.45, 7) is 6.28. The van der Waals surface area contributed by atoms with Crippen molar-refractivity contribution < 1.29 is 23.8 Å². The smallest absolute Gasteiger partial charge is 0.293 e. The molecule has 0 N–H and O–H groups in total. The number of amides is 2. The number of para-hydroxylation sites is 2. The number of rotatable bonds is 12. The van der Waals surface area contributed by atoms with Gasteiger partial charge < -0.3 is 19.1 Å². The first kappa shape index (κ1) is 29.6. The molecule has 4 rings (SSSR count). The molecule has 1 fully saturated rings. The van der Waals surface area contributed by atoms with Gasteiger partial charge in [-0.05, 0) is 68.1 Å². The lowest BCUT2D eigenvalue weighted by Crippen LogP contribution is -2.32. The number of benzene rings is 3. The zero-order valence-corrected chi connectivity index (χ0v) is 24.8. The second kappa shape index (κ2) is 13.8. The minimum atomic E-state index is -0.377. The summed E-state index contributed by atoms with van der Waals surface area (Å²) in [7, 11) is 1.56. The molecule has 1 aliphatic rings. The number of anilines is 1. The summed E-state index contributed by atoms with van der Waals surface area (Å²) in [5.74, 6) is 1.32. The van der Waals surface area contributed by atoms with Gasteiger partial charge in [0.25, 0.3) is 11.1 Å². The Morgan fingerprint density at radius 2 is 1.68 bits per heavy atom. The number of imide groups is 1. The van der Waals surface area contributed by atoms with E-state index in [4.69, 9.17) is 37.4 Å². The number of carbonyl (C=O) groups is 2. The molecule has 1 saturated heterocycles. The average Bonchev–Trinajstić information content (AvgIpc) is 3.21. The van der Waals surface area contributed by atoms with Crippen molar-refractivity contribution in [3.05, 3.63) is 86.7 Å². The van der Waals surface area contributed by atoms with Gasteiger partial charge in [-0.25, -0.2) is 0 Å². The number of halogens is 2. The third kappa shape index (κ3) is 7.05. The van der Waals surface area contributed by atoms with Crippen molar-refractivity contribution in [2.75, 3.05) is 38.3 Å². The van der Waals surface area contributed by atoms with Crippen LogP contribution >= 0.6 is 35.0 Å². The van der Waals surface area contributed by atoms with Gasteiger partial charge in [0.1, 0.15) is 19.0 Å². The van der Waals surface area contributed by atoms with Crippen LogP contribution in [0.5, 0.6) is 17.2 Å². The Balaban J connectivity index is 1.53. The zero-order chi connectivity index (χ0) is 28.6. The summed E-state index contributed by atoms with van der Waals surface area (Å²) in [6, 6.07) is 18.3. The van der Waals surface area contributed by atoms with E-state index < -0.39 is 0 Å². The van der Waals surface area contributed by atoms with Gasteiger partial charge in [-0.3, -0.25) is 14.5 Å². The zero-order valence-electron chi connectivity index (χ0n) is 22.5. The van der Waals surface area contributed by atoms with Crippen LogP contribution in [-0.4, -0.2) is 49.4 Å². The van der Waals surface area contributed by atoms with Gasteiger partial charge in [0.15, 0.2) is 11.5 Å². The predicted molar refractivity (Wildman–Crippen MR) is 162 cm³/mol. The van der Waals surface area contributed by atoms with Crippen molar-refractivity contribution >= 4 is 57.9 Å². The molecule has 0 spiro atoms. The Morgan fingerprint density at radius 1 is 0.925 bits per heavy atom. The van der Waals surface area contributed by atoms with Gasteiger partial charge in [0.05, 0.1) is 18.6 Å². The molecule has 7 nitrogen and oxygen atoms in total. The molecule has 40 heavy (non-hydrogen) atoms. The third-order valence-electron chi connectivity index (χ3n) is 6.33. The van der Waals surface area contributed by atoms with E-state index in [-0.39, 0.29) is 30.9 Å². The summed E-state index contributed by atoms with van der Waals surface area (Å²) in [6.07, 6.45) is 1.69. The Labute approximate surface area is 248 Å². The van der Waals surface area contributed by atoms with Crippen molar-refractivity contribution in [1.29, 1.82) is 0 Å². The van der Waals surface area contributed by atoms with Gasteiger partial charge >= 0.3 is 0 Å². The first-order valence-corrected chi connectivity index (χ1v) is 14.4. The van der Waals surface area contributed by atoms with Gasteiger partial charge in [-0.1, -0.05) is 41.4 Å². The average molecular weight is 602 g/mol. The number of thioether (sulfide) groups is 1. The van der Waals surface area contributed by atoms with Crippen LogP contribution in [0, 0.1) is 0 Å². The lowest BCUT2D eigenvalue weighted by atomic mass is 10.1. The number of hydrogen-bond acceptors (Lipinski definition) is 7. The van der Waals surface area contributed by atoms with Crippen LogP contribution in [0.4, 0.5) is 10.5 Å². The lowest BCUT2D eigenvalue weighted by molar-refractivity contribution is -0.123. The van der Waals surface area contributed by atoms with Gasteiger partial charge in [-0.2, -0.15) is 0 Å². The van der Waals surface area contributed by atoms with Crippen LogP contribution in [0.3, 0.4) is 0 Å². The molecule has 0 saturated carbocycles. The Hall–Kier alpha value is -3.33. The van der Waals surface area contributed by atoms with Crippen molar-refractivity contribution in [2.24, 2.45) is 0 Å². The molecule has 0 aliphatic carbocycles. The van der Waals surface area contributed by atoms with E-state index in [1.165, 1.54) is 4.90 Å². The first-order valence-electron chi connectivity index (χ1n) is 12.8. The maximum Gasteiger partial charge on any atom is 0.293 e. The number of carbonyl (C=O) groups excluding carboxylic acids is 2. The SMILES string of the molecule is CCN(CC)c1ccc(/C=C2\SC(=O)N(CCOc3ccccc3OC)C2=O)c(OCc2ccc(Cl)cc2Cl)c1. The van der Waals surface area contributed by atoms with Crippen molar-refractivity contribution in [1.82, 2.24) is 4.90 Å². The second-order valence-corrected chi connectivity index (χ2v) is 10.6. The molecule has 0 bridgehead atoms. The fourth-order valence-corrected chi connectivity index (χ4v) is 5.48. The van der Waals surface area contributed by atoms with E-state index in [9.17, 15) is 9.59 Å². The molecule has 0 aromatic heterocycles. The molecule has 10 heteroatoms. The van der Waals surface area contributed by atoms with Gasteiger partial charge in [0, 0.05) is 46.0 Å². The minimum Gasteiger partial charge on any atom is -0.493 e. The summed E-state index contributed by atoms with van der Waals surface area (Å²) in [5.41, 5.74) is 2.44. The highest BCUT2D eigenvalue weighted by atomic mass is 35.5. The van der Waals surface area contributed by atoms with E-state index in [1.54, 1.807) is 37.5 Å². The van der Waals surface area contributed by atoms with Gasteiger partial charge in [-0.15, -0.1) is 0 Å². The number of nitrogens with zero attached hydrogens (tertiary/aromatic N) is 2. The topological polar surface area (TPSA) is 68.3 Å². The molecule has 3 aromatic rings. The summed E-state index contributed by atoms with van der Waals surface area (Å²) in [4.78, 5) is 29.6. The minimum absolute atomic E-state index is 0.110. The quantitative estimate of drug-likeness (QED) is 0.199. The number of methoxy groups -OCH3 is 1. The highest BCUT2D eigenvalue weighted by Crippen LogP contribution is 2.36. The second-order valence-electron chi connectivity index (χ2n) is 8.75. The van der Waals surface area contributed by atoms with E-state index in [1.807, 2.05) is 36.4 Å². The lowest BCUT2D eigenvalue weighted by Gasteiger charge is -2.22. The maximum absolute atomic E-state index is 13.2. The van der Waals surface area contributed by atoms with Crippen molar-refractivity contribution in [3.63, 3.8) is 0 Å². The van der Waals surface area contributed by atoms with Gasteiger partial charge in [0.2, 0.25) is 0 Å². The van der Waals surface area contributed by atoms with Crippen LogP contribution in [0.2, 0.25) is 10.0 Å². The Kier molecular flexibility index (Phi) is 10.3. The van der Waals surface area contributed by atoms with Crippen molar-refractivity contribution in [3.8, 4) is 17.2 Å². The highest BCUT2D eigenvalue weighted by molar-refractivity contribution is 8.18. The van der Waals surface area contributed by atoms with Crippen LogP contribution < -0.4 is 19.1 Å². The molecule has 3 aromatic carbocycles. The predicted octanol–water partition coefficient (Wildman–Crippen LogP) is 7.54. The van der Waals surface area contributed by atoms with E-state index >= 15 is 0 Å². The number of hydrogen-bond donors (Lipinski definition) is 0. The van der Waals surface area contributed by atoms with Crippen LogP contribution in [0.15, 0.2) is 65.6 Å². The Morgan fingerprint density at radius 3 is 2.38 bits per heavy atom. The molecule has 0 atom stereocenters. The van der Waals surface area contributed by atoms with E-state index in [2.05, 4.69) is 18.7 Å². The fourth-order valence-electron chi connectivity index (χ4n) is 4.17. The summed E-state index contributed by atoms with van der Waals surface area (Å²) in [5, 5.41) is 0.697. The molecular weight excluding hydrogens is 571 g/mol. The van der Waals surface area contributed by atoms with E-state index in [0.29, 0.717) is 37.8 Å². The van der Waals surface area contributed by atoms with Crippen LogP contribution in [-0.2, 0) is 11.4 Å². The molecule has 0 unspecified atom stereocenters. The largest absolute Gasteiger partial charge is 0.493 e. The van der Waals surface area contributed by atoms with Crippen molar-refractivity contribution in [2.45, 2.75) is 20.5 Å².